The maximum atomic E-state index is 12.0. The molecule has 0 bridgehead atoms. The van der Waals surface area contributed by atoms with Crippen LogP contribution in [0.3, 0.4) is 0 Å². The van der Waals surface area contributed by atoms with Crippen LogP contribution in [0.1, 0.15) is 23.8 Å². The Balaban J connectivity index is 2.16. The zero-order valence-electron chi connectivity index (χ0n) is 11.4. The van der Waals surface area contributed by atoms with Gasteiger partial charge in [-0.2, -0.15) is 5.10 Å². The van der Waals surface area contributed by atoms with Gasteiger partial charge in [0.2, 0.25) is 0 Å². The summed E-state index contributed by atoms with van der Waals surface area (Å²) in [5, 5.41) is 16.8. The minimum atomic E-state index is -0.292. The number of aliphatic hydroxyl groups excluding tert-OH is 1. The Morgan fingerprint density at radius 1 is 1.43 bits per heavy atom. The fourth-order valence-electron chi connectivity index (χ4n) is 1.81. The molecule has 0 radical (unpaired) electrons. The topological polar surface area (TPSA) is 67.2 Å². The molecule has 0 aliphatic rings. The second kappa shape index (κ2) is 6.93. The van der Waals surface area contributed by atoms with Gasteiger partial charge in [-0.3, -0.25) is 4.79 Å². The fraction of sp³-hybridized carbons (Fsp3) is 0.286. The van der Waals surface area contributed by atoms with Crippen LogP contribution in [0, 0.1) is 0 Å². The highest BCUT2D eigenvalue weighted by Crippen LogP contribution is 2.23. The number of rotatable bonds is 5. The molecule has 0 aliphatic carbocycles. The Morgan fingerprint density at radius 2 is 2.19 bits per heavy atom. The Morgan fingerprint density at radius 3 is 2.86 bits per heavy atom. The van der Waals surface area contributed by atoms with E-state index in [1.807, 2.05) is 6.92 Å². The Bertz CT molecular complexity index is 643. The third-order valence-corrected chi connectivity index (χ3v) is 3.46. The molecule has 2 aromatic rings. The number of benzene rings is 1. The second-order valence-corrected chi connectivity index (χ2v) is 5.47. The first-order valence-corrected chi connectivity index (χ1v) is 7.19. The maximum Gasteiger partial charge on any atom is 0.271 e. The Kier molecular flexibility index (Phi) is 5.22. The minimum Gasteiger partial charge on any atom is -0.396 e. The predicted molar refractivity (Wildman–Crippen MR) is 82.2 cm³/mol. The number of carbonyl (C=O) groups is 1. The minimum absolute atomic E-state index is 0.0241. The first-order valence-electron chi connectivity index (χ1n) is 6.44. The summed E-state index contributed by atoms with van der Waals surface area (Å²) in [5.74, 6) is -0.292. The number of carbonyl (C=O) groups excluding carboxylic acids is 1. The van der Waals surface area contributed by atoms with E-state index in [1.54, 1.807) is 30.5 Å². The summed E-state index contributed by atoms with van der Waals surface area (Å²) in [5.41, 5.74) is 0.925. The molecule has 0 spiro atoms. The number of amides is 1. The normalized spacial score (nSPS) is 12.2. The lowest BCUT2D eigenvalue weighted by molar-refractivity contribution is 0.0929. The molecule has 1 heterocycles. The summed E-state index contributed by atoms with van der Waals surface area (Å²) < 4.78 is 1.52. The summed E-state index contributed by atoms with van der Waals surface area (Å²) in [6.45, 7) is 1.84. The monoisotopic (exact) mass is 327 g/mol. The molecule has 21 heavy (non-hydrogen) atoms. The number of nitrogens with one attached hydrogen (secondary N) is 1. The van der Waals surface area contributed by atoms with Gasteiger partial charge in [-0.1, -0.05) is 23.2 Å². The lowest BCUT2D eigenvalue weighted by Crippen LogP contribution is -2.33. The zero-order valence-corrected chi connectivity index (χ0v) is 12.9. The first-order chi connectivity index (χ1) is 10.0. The van der Waals surface area contributed by atoms with Crippen molar-refractivity contribution < 1.29 is 9.90 Å². The third-order valence-electron chi connectivity index (χ3n) is 2.92. The third kappa shape index (κ3) is 3.97. The van der Waals surface area contributed by atoms with Gasteiger partial charge in [0.25, 0.3) is 5.91 Å². The van der Waals surface area contributed by atoms with Crippen molar-refractivity contribution in [3.05, 3.63) is 46.2 Å². The number of aromatic nitrogens is 2. The highest BCUT2D eigenvalue weighted by Gasteiger charge is 2.13. The number of aliphatic hydroxyl groups is 1. The van der Waals surface area contributed by atoms with Gasteiger partial charge < -0.3 is 10.4 Å². The van der Waals surface area contributed by atoms with Crippen LogP contribution in [0.2, 0.25) is 10.0 Å². The van der Waals surface area contributed by atoms with Gasteiger partial charge in [0, 0.05) is 23.9 Å². The smallest absolute Gasteiger partial charge is 0.271 e. The van der Waals surface area contributed by atoms with Gasteiger partial charge >= 0.3 is 0 Å². The Hall–Kier alpha value is -1.56. The van der Waals surface area contributed by atoms with Crippen LogP contribution in [-0.4, -0.2) is 33.4 Å². The molecule has 0 unspecified atom stereocenters. The van der Waals surface area contributed by atoms with E-state index < -0.39 is 0 Å². The van der Waals surface area contributed by atoms with Crippen LogP contribution < -0.4 is 5.32 Å². The molecule has 7 heteroatoms. The molecule has 1 atom stereocenters. The molecule has 0 saturated heterocycles. The number of hydrogen-bond acceptors (Lipinski definition) is 3. The maximum absolute atomic E-state index is 12.0. The van der Waals surface area contributed by atoms with Crippen LogP contribution in [0.25, 0.3) is 5.69 Å². The molecule has 1 aromatic carbocycles. The van der Waals surface area contributed by atoms with Crippen molar-refractivity contribution in [2.75, 3.05) is 6.61 Å². The van der Waals surface area contributed by atoms with Crippen LogP contribution in [0.15, 0.2) is 30.5 Å². The molecule has 5 nitrogen and oxygen atoms in total. The van der Waals surface area contributed by atoms with Gasteiger partial charge in [0.15, 0.2) is 5.69 Å². The fourth-order valence-corrected chi connectivity index (χ4v) is 2.30. The van der Waals surface area contributed by atoms with Crippen molar-refractivity contribution in [2.45, 2.75) is 19.4 Å². The van der Waals surface area contributed by atoms with Crippen molar-refractivity contribution >= 4 is 29.1 Å². The van der Waals surface area contributed by atoms with Crippen molar-refractivity contribution in [2.24, 2.45) is 0 Å². The van der Waals surface area contributed by atoms with E-state index in [1.165, 1.54) is 4.68 Å². The zero-order chi connectivity index (χ0) is 15.4. The molecular weight excluding hydrogens is 313 g/mol. The van der Waals surface area contributed by atoms with Gasteiger partial charge in [-0.25, -0.2) is 4.68 Å². The molecule has 0 aliphatic heterocycles. The van der Waals surface area contributed by atoms with Crippen LogP contribution in [0.4, 0.5) is 0 Å². The summed E-state index contributed by atoms with van der Waals surface area (Å²) in [6.07, 6.45) is 2.15. The van der Waals surface area contributed by atoms with Crippen molar-refractivity contribution in [3.8, 4) is 5.69 Å². The highest BCUT2D eigenvalue weighted by molar-refractivity contribution is 6.35. The van der Waals surface area contributed by atoms with E-state index in [9.17, 15) is 4.79 Å². The average Bonchev–Trinajstić information content (AvgIpc) is 2.88. The first kappa shape index (κ1) is 15.8. The van der Waals surface area contributed by atoms with Gasteiger partial charge in [-0.15, -0.1) is 0 Å². The molecule has 1 amide bonds. The number of halogens is 2. The van der Waals surface area contributed by atoms with Gasteiger partial charge in [0.05, 0.1) is 10.7 Å². The number of nitrogens with zero attached hydrogens (tertiary/aromatic N) is 2. The lowest BCUT2D eigenvalue weighted by atomic mass is 10.2. The van der Waals surface area contributed by atoms with Crippen LogP contribution in [0.5, 0.6) is 0 Å². The average molecular weight is 328 g/mol. The summed E-state index contributed by atoms with van der Waals surface area (Å²) in [7, 11) is 0. The van der Waals surface area contributed by atoms with E-state index >= 15 is 0 Å². The predicted octanol–water partition coefficient (Wildman–Crippen LogP) is 2.68. The summed E-state index contributed by atoms with van der Waals surface area (Å²) in [4.78, 5) is 12.0. The molecule has 112 valence electrons. The molecule has 1 aromatic heterocycles. The van der Waals surface area contributed by atoms with E-state index in [0.717, 1.165) is 0 Å². The number of hydrogen-bond donors (Lipinski definition) is 2. The SMILES string of the molecule is C[C@H](CCO)NC(=O)c1ccn(-c2ccc(Cl)cc2Cl)n1. The van der Waals surface area contributed by atoms with Crippen LogP contribution in [-0.2, 0) is 0 Å². The summed E-state index contributed by atoms with van der Waals surface area (Å²) in [6, 6.07) is 6.53. The Labute approximate surface area is 132 Å². The van der Waals surface area contributed by atoms with Crippen LogP contribution >= 0.6 is 23.2 Å². The molecule has 2 N–H and O–H groups in total. The molecule has 0 saturated carbocycles. The van der Waals surface area contributed by atoms with Gasteiger partial charge in [-0.05, 0) is 37.6 Å². The summed E-state index contributed by atoms with van der Waals surface area (Å²) >= 11 is 12.0. The molecular formula is C14H15Cl2N3O2. The molecule has 0 fully saturated rings. The second-order valence-electron chi connectivity index (χ2n) is 4.63. The highest BCUT2D eigenvalue weighted by atomic mass is 35.5. The van der Waals surface area contributed by atoms with E-state index in [4.69, 9.17) is 28.3 Å². The van der Waals surface area contributed by atoms with Crippen molar-refractivity contribution in [3.63, 3.8) is 0 Å². The lowest BCUT2D eigenvalue weighted by Gasteiger charge is -2.10. The van der Waals surface area contributed by atoms with Crippen molar-refractivity contribution in [1.29, 1.82) is 0 Å². The van der Waals surface area contributed by atoms with Gasteiger partial charge in [0.1, 0.15) is 0 Å². The largest absolute Gasteiger partial charge is 0.396 e. The van der Waals surface area contributed by atoms with E-state index in [2.05, 4.69) is 10.4 Å². The van der Waals surface area contributed by atoms with E-state index in [-0.39, 0.29) is 24.2 Å². The quantitative estimate of drug-likeness (QED) is 0.887. The molecule has 2 rings (SSSR count). The van der Waals surface area contributed by atoms with Crippen molar-refractivity contribution in [1.82, 2.24) is 15.1 Å². The standard InChI is InChI=1S/C14H15Cl2N3O2/c1-9(5-7-20)17-14(21)12-4-6-19(18-12)13-3-2-10(15)8-11(13)16/h2-4,6,8-9,20H,5,7H2,1H3,(H,17,21)/t9-/m1/s1. The van der Waals surface area contributed by atoms with E-state index in [0.29, 0.717) is 22.2 Å².